The largest absolute Gasteiger partial charge is 0.352 e. The highest BCUT2D eigenvalue weighted by molar-refractivity contribution is 7.80. The number of rotatable bonds is 7. The van der Waals surface area contributed by atoms with Crippen LogP contribution in [0.1, 0.15) is 29.8 Å². The van der Waals surface area contributed by atoms with Crippen LogP contribution in [0, 0.1) is 0 Å². The highest BCUT2D eigenvalue weighted by Crippen LogP contribution is 2.39. The molecule has 0 aliphatic carbocycles. The molecule has 1 fully saturated rings. The zero-order valence-electron chi connectivity index (χ0n) is 18.5. The van der Waals surface area contributed by atoms with Crippen LogP contribution >= 0.6 is 12.2 Å². The number of amides is 1. The van der Waals surface area contributed by atoms with Crippen molar-refractivity contribution in [3.05, 3.63) is 115 Å². The lowest BCUT2D eigenvalue weighted by Gasteiger charge is -2.27. The molecule has 34 heavy (non-hydrogen) atoms. The molecule has 0 unspecified atom stereocenters. The van der Waals surface area contributed by atoms with Crippen LogP contribution in [0.2, 0.25) is 0 Å². The number of nitrogens with zero attached hydrogens (tertiary/aromatic N) is 3. The highest BCUT2D eigenvalue weighted by atomic mass is 32.1. The lowest BCUT2D eigenvalue weighted by Crippen LogP contribution is -2.32. The molecular weight excluding hydrogens is 442 g/mol. The molecule has 0 spiro atoms. The van der Waals surface area contributed by atoms with Crippen LogP contribution in [-0.4, -0.2) is 32.0 Å². The average Bonchev–Trinajstić information content (AvgIpc) is 3.49. The summed E-state index contributed by atoms with van der Waals surface area (Å²) in [6, 6.07) is 27.5. The molecule has 6 nitrogen and oxygen atoms in total. The zero-order valence-corrected chi connectivity index (χ0v) is 19.4. The average molecular weight is 468 g/mol. The topological polar surface area (TPSA) is 62.2 Å². The number of pyridine rings is 1. The Bertz CT molecular complexity index is 1260. The van der Waals surface area contributed by atoms with E-state index in [1.165, 1.54) is 0 Å². The quantitative estimate of drug-likeness (QED) is 0.380. The second-order valence-electron chi connectivity index (χ2n) is 8.17. The number of thiocarbonyl (C=S) groups is 1. The van der Waals surface area contributed by atoms with Crippen molar-refractivity contribution in [1.29, 1.82) is 0 Å². The smallest absolute Gasteiger partial charge is 0.226 e. The van der Waals surface area contributed by atoms with Gasteiger partial charge in [-0.15, -0.1) is 0 Å². The first-order chi connectivity index (χ1) is 16.7. The Kier molecular flexibility index (Phi) is 6.35. The standard InChI is InChI=1S/C27H25N5OS/c33-24(29-21-9-3-1-4-10-21)15-18-32-26(25(30-27(32)34)23-13-7-8-16-28-23)20-14-17-31(19-20)22-11-5-2-6-12-22/h1-14,16-17,19,25-26H,15,18H2,(H,29,33)(H,30,34)/t25-,26+/m1/s1. The molecule has 0 radical (unpaired) electrons. The lowest BCUT2D eigenvalue weighted by atomic mass is 9.99. The molecule has 1 amide bonds. The van der Waals surface area contributed by atoms with E-state index in [2.05, 4.69) is 55.7 Å². The molecule has 2 aromatic carbocycles. The molecule has 3 heterocycles. The van der Waals surface area contributed by atoms with E-state index < -0.39 is 0 Å². The first kappa shape index (κ1) is 21.9. The van der Waals surface area contributed by atoms with Crippen molar-refractivity contribution in [1.82, 2.24) is 19.8 Å². The summed E-state index contributed by atoms with van der Waals surface area (Å²) in [7, 11) is 0. The van der Waals surface area contributed by atoms with Crippen molar-refractivity contribution in [3.63, 3.8) is 0 Å². The predicted molar refractivity (Wildman–Crippen MR) is 138 cm³/mol. The van der Waals surface area contributed by atoms with Crippen molar-refractivity contribution in [2.75, 3.05) is 11.9 Å². The van der Waals surface area contributed by atoms with E-state index in [1.54, 1.807) is 6.20 Å². The van der Waals surface area contributed by atoms with Gasteiger partial charge in [0.15, 0.2) is 5.11 Å². The van der Waals surface area contributed by atoms with Gasteiger partial charge in [-0.1, -0.05) is 42.5 Å². The summed E-state index contributed by atoms with van der Waals surface area (Å²) >= 11 is 5.73. The fraction of sp³-hybridized carbons (Fsp3) is 0.148. The summed E-state index contributed by atoms with van der Waals surface area (Å²) in [4.78, 5) is 19.3. The van der Waals surface area contributed by atoms with E-state index in [9.17, 15) is 4.79 Å². The van der Waals surface area contributed by atoms with Gasteiger partial charge in [0.2, 0.25) is 5.91 Å². The van der Waals surface area contributed by atoms with Crippen LogP contribution in [-0.2, 0) is 4.79 Å². The molecule has 4 aromatic rings. The van der Waals surface area contributed by atoms with E-state index in [-0.39, 0.29) is 18.0 Å². The number of para-hydroxylation sites is 2. The van der Waals surface area contributed by atoms with Gasteiger partial charge in [-0.2, -0.15) is 0 Å². The summed E-state index contributed by atoms with van der Waals surface area (Å²) in [6.45, 7) is 0.495. The summed E-state index contributed by atoms with van der Waals surface area (Å²) in [5.41, 5.74) is 3.90. The van der Waals surface area contributed by atoms with Crippen LogP contribution in [0.5, 0.6) is 0 Å². The van der Waals surface area contributed by atoms with Crippen LogP contribution < -0.4 is 10.6 Å². The molecule has 1 saturated heterocycles. The minimum absolute atomic E-state index is 0.0455. The van der Waals surface area contributed by atoms with Crippen molar-refractivity contribution >= 4 is 28.9 Å². The summed E-state index contributed by atoms with van der Waals surface area (Å²) in [6.07, 6.45) is 6.30. The number of hydrogen-bond donors (Lipinski definition) is 2. The molecule has 1 aliphatic heterocycles. The van der Waals surface area contributed by atoms with Gasteiger partial charge in [0, 0.05) is 42.9 Å². The zero-order chi connectivity index (χ0) is 23.3. The molecule has 7 heteroatoms. The monoisotopic (exact) mass is 467 g/mol. The summed E-state index contributed by atoms with van der Waals surface area (Å²) < 4.78 is 2.10. The fourth-order valence-electron chi connectivity index (χ4n) is 4.33. The molecule has 0 saturated carbocycles. The predicted octanol–water partition coefficient (Wildman–Crippen LogP) is 4.87. The Morgan fingerprint density at radius 3 is 2.44 bits per heavy atom. The molecule has 170 valence electrons. The van der Waals surface area contributed by atoms with E-state index in [0.29, 0.717) is 18.1 Å². The van der Waals surface area contributed by atoms with Gasteiger partial charge < -0.3 is 20.1 Å². The lowest BCUT2D eigenvalue weighted by molar-refractivity contribution is -0.116. The van der Waals surface area contributed by atoms with Crippen molar-refractivity contribution in [2.24, 2.45) is 0 Å². The number of carbonyl (C=O) groups excluding carboxylic acids is 1. The van der Waals surface area contributed by atoms with Gasteiger partial charge in [-0.3, -0.25) is 9.78 Å². The Balaban J connectivity index is 1.40. The number of carbonyl (C=O) groups is 1. The van der Waals surface area contributed by atoms with E-state index >= 15 is 0 Å². The second-order valence-corrected chi connectivity index (χ2v) is 8.56. The number of benzene rings is 2. The van der Waals surface area contributed by atoms with Gasteiger partial charge in [0.05, 0.1) is 17.8 Å². The summed E-state index contributed by atoms with van der Waals surface area (Å²) in [5.74, 6) is -0.0455. The minimum atomic E-state index is -0.113. The normalized spacial score (nSPS) is 17.4. The maximum atomic E-state index is 12.6. The number of hydrogen-bond acceptors (Lipinski definition) is 3. The van der Waals surface area contributed by atoms with Crippen LogP contribution in [0.25, 0.3) is 5.69 Å². The van der Waals surface area contributed by atoms with Gasteiger partial charge in [-0.25, -0.2) is 0 Å². The van der Waals surface area contributed by atoms with E-state index in [4.69, 9.17) is 12.2 Å². The van der Waals surface area contributed by atoms with Crippen molar-refractivity contribution in [3.8, 4) is 5.69 Å². The highest BCUT2D eigenvalue weighted by Gasteiger charge is 2.40. The molecule has 2 N–H and O–H groups in total. The molecule has 5 rings (SSSR count). The van der Waals surface area contributed by atoms with Crippen molar-refractivity contribution < 1.29 is 4.79 Å². The van der Waals surface area contributed by atoms with Crippen LogP contribution in [0.4, 0.5) is 5.69 Å². The van der Waals surface area contributed by atoms with Gasteiger partial charge in [-0.05, 0) is 60.2 Å². The van der Waals surface area contributed by atoms with Gasteiger partial charge >= 0.3 is 0 Å². The Hall–Kier alpha value is -3.97. The first-order valence-electron chi connectivity index (χ1n) is 11.3. The maximum Gasteiger partial charge on any atom is 0.226 e. The molecule has 0 bridgehead atoms. The van der Waals surface area contributed by atoms with E-state index in [1.807, 2.05) is 66.7 Å². The third-order valence-corrected chi connectivity index (χ3v) is 6.30. The Morgan fingerprint density at radius 1 is 0.971 bits per heavy atom. The SMILES string of the molecule is O=C(CCN1C(=S)N[C@H](c2ccccn2)[C@@H]1c1ccn(-c2ccccc2)c1)Nc1ccccc1. The van der Waals surface area contributed by atoms with Crippen LogP contribution in [0.3, 0.4) is 0 Å². The number of aromatic nitrogens is 2. The van der Waals surface area contributed by atoms with E-state index in [0.717, 1.165) is 22.6 Å². The third-order valence-electron chi connectivity index (χ3n) is 5.95. The maximum absolute atomic E-state index is 12.6. The van der Waals surface area contributed by atoms with Crippen molar-refractivity contribution in [2.45, 2.75) is 18.5 Å². The number of nitrogens with one attached hydrogen (secondary N) is 2. The Morgan fingerprint density at radius 2 is 1.71 bits per heavy atom. The Labute approximate surface area is 204 Å². The molecule has 2 aromatic heterocycles. The minimum Gasteiger partial charge on any atom is -0.352 e. The first-order valence-corrected chi connectivity index (χ1v) is 11.7. The molecular formula is C27H25N5OS. The molecule has 2 atom stereocenters. The number of anilines is 1. The van der Waals surface area contributed by atoms with Gasteiger partial charge in [0.25, 0.3) is 0 Å². The second kappa shape index (κ2) is 9.89. The van der Waals surface area contributed by atoms with Gasteiger partial charge in [0.1, 0.15) is 0 Å². The molecule has 1 aliphatic rings. The van der Waals surface area contributed by atoms with Crippen LogP contribution in [0.15, 0.2) is 104 Å². The fourth-order valence-corrected chi connectivity index (χ4v) is 4.66. The summed E-state index contributed by atoms with van der Waals surface area (Å²) in [5, 5.41) is 7.03. The third kappa shape index (κ3) is 4.70.